The molecule has 1 heterocycles. The number of hydrogen-bond donors (Lipinski definition) is 2. The van der Waals surface area contributed by atoms with Crippen LogP contribution in [0.5, 0.6) is 0 Å². The number of nitrogens with zero attached hydrogens (tertiary/aromatic N) is 2. The third-order valence-corrected chi connectivity index (χ3v) is 3.45. The summed E-state index contributed by atoms with van der Waals surface area (Å²) in [6.07, 6.45) is 2.22. The Morgan fingerprint density at radius 2 is 2.00 bits per heavy atom. The maximum absolute atomic E-state index is 12.9. The molecule has 4 nitrogen and oxygen atoms in total. The van der Waals surface area contributed by atoms with Crippen molar-refractivity contribution in [3.8, 4) is 0 Å². The summed E-state index contributed by atoms with van der Waals surface area (Å²) in [4.78, 5) is 0. The summed E-state index contributed by atoms with van der Waals surface area (Å²) >= 11 is 6.22. The molecular formula is C14H18ClFN4. The van der Waals surface area contributed by atoms with Gasteiger partial charge < -0.3 is 0 Å². The lowest BCUT2D eigenvalue weighted by Gasteiger charge is -2.20. The summed E-state index contributed by atoms with van der Waals surface area (Å²) in [6.45, 7) is 4.05. The van der Waals surface area contributed by atoms with Crippen molar-refractivity contribution in [2.75, 3.05) is 0 Å². The van der Waals surface area contributed by atoms with Crippen molar-refractivity contribution in [1.82, 2.24) is 15.2 Å². The Kier molecular flexibility index (Phi) is 4.75. The molecule has 1 aromatic carbocycles. The van der Waals surface area contributed by atoms with E-state index >= 15 is 0 Å². The fraction of sp³-hybridized carbons (Fsp3) is 0.357. The molecule has 0 saturated carbocycles. The molecule has 0 fully saturated rings. The van der Waals surface area contributed by atoms with Crippen LogP contribution in [0.4, 0.5) is 4.39 Å². The predicted octanol–water partition coefficient (Wildman–Crippen LogP) is 3.00. The first kappa shape index (κ1) is 15.0. The van der Waals surface area contributed by atoms with Gasteiger partial charge in [0, 0.05) is 6.04 Å². The Balaban J connectivity index is 2.28. The first-order valence-corrected chi connectivity index (χ1v) is 6.84. The molecule has 108 valence electrons. The Morgan fingerprint density at radius 3 is 2.55 bits per heavy atom. The first-order chi connectivity index (χ1) is 9.52. The van der Waals surface area contributed by atoms with Gasteiger partial charge in [-0.25, -0.2) is 4.39 Å². The molecular weight excluding hydrogens is 279 g/mol. The van der Waals surface area contributed by atoms with Gasteiger partial charge in [0.1, 0.15) is 5.82 Å². The smallest absolute Gasteiger partial charge is 0.123 e. The summed E-state index contributed by atoms with van der Waals surface area (Å²) in [5.41, 5.74) is 4.58. The van der Waals surface area contributed by atoms with Crippen molar-refractivity contribution in [3.63, 3.8) is 0 Å². The van der Waals surface area contributed by atoms with Gasteiger partial charge in [-0.3, -0.25) is 16.0 Å². The molecule has 1 atom stereocenters. The second-order valence-electron chi connectivity index (χ2n) is 4.97. The molecule has 0 saturated heterocycles. The van der Waals surface area contributed by atoms with Crippen molar-refractivity contribution in [3.05, 3.63) is 52.6 Å². The summed E-state index contributed by atoms with van der Waals surface area (Å²) in [5.74, 6) is 5.40. The van der Waals surface area contributed by atoms with E-state index in [0.717, 1.165) is 11.3 Å². The number of aromatic nitrogens is 2. The summed E-state index contributed by atoms with van der Waals surface area (Å²) in [6, 6.07) is 6.35. The maximum atomic E-state index is 12.9. The number of hydrogen-bond acceptors (Lipinski definition) is 3. The van der Waals surface area contributed by atoms with Gasteiger partial charge in [-0.15, -0.1) is 0 Å². The molecule has 1 unspecified atom stereocenters. The van der Waals surface area contributed by atoms with Gasteiger partial charge in [0.15, 0.2) is 0 Å². The zero-order valence-electron chi connectivity index (χ0n) is 11.5. The van der Waals surface area contributed by atoms with Crippen molar-refractivity contribution < 1.29 is 4.39 Å². The van der Waals surface area contributed by atoms with Crippen LogP contribution in [0.3, 0.4) is 0 Å². The van der Waals surface area contributed by atoms with Crippen LogP contribution in [-0.4, -0.2) is 9.78 Å². The van der Waals surface area contributed by atoms with E-state index in [-0.39, 0.29) is 17.9 Å². The van der Waals surface area contributed by atoms with Gasteiger partial charge in [-0.05, 0) is 38.0 Å². The molecule has 2 aromatic rings. The monoisotopic (exact) mass is 296 g/mol. The van der Waals surface area contributed by atoms with Crippen LogP contribution in [0.25, 0.3) is 0 Å². The lowest BCUT2D eigenvalue weighted by molar-refractivity contribution is 0.448. The number of halogens is 2. The van der Waals surface area contributed by atoms with E-state index in [1.807, 2.05) is 18.5 Å². The molecule has 2 rings (SSSR count). The molecule has 0 aliphatic carbocycles. The maximum Gasteiger partial charge on any atom is 0.123 e. The SMILES string of the molecule is CC(C)n1ncc(Cl)c1C(Cc1ccc(F)cc1)NN. The predicted molar refractivity (Wildman–Crippen MR) is 77.8 cm³/mol. The molecule has 0 spiro atoms. The van der Waals surface area contributed by atoms with Gasteiger partial charge in [-0.1, -0.05) is 23.7 Å². The third-order valence-electron chi connectivity index (χ3n) is 3.16. The third kappa shape index (κ3) is 3.17. The Labute approximate surface area is 122 Å². The van der Waals surface area contributed by atoms with E-state index in [2.05, 4.69) is 10.5 Å². The number of benzene rings is 1. The van der Waals surface area contributed by atoms with Gasteiger partial charge in [0.25, 0.3) is 0 Å². The highest BCUT2D eigenvalue weighted by molar-refractivity contribution is 6.31. The Bertz CT molecular complexity index is 565. The van der Waals surface area contributed by atoms with Gasteiger partial charge in [-0.2, -0.15) is 5.10 Å². The minimum absolute atomic E-state index is 0.182. The van der Waals surface area contributed by atoms with E-state index in [9.17, 15) is 4.39 Å². The normalized spacial score (nSPS) is 12.9. The zero-order chi connectivity index (χ0) is 14.7. The highest BCUT2D eigenvalue weighted by Gasteiger charge is 2.21. The van der Waals surface area contributed by atoms with E-state index in [4.69, 9.17) is 17.4 Å². The van der Waals surface area contributed by atoms with Crippen LogP contribution in [0.2, 0.25) is 5.02 Å². The second kappa shape index (κ2) is 6.35. The fourth-order valence-corrected chi connectivity index (χ4v) is 2.44. The number of nitrogens with two attached hydrogens (primary N) is 1. The Morgan fingerprint density at radius 1 is 1.35 bits per heavy atom. The van der Waals surface area contributed by atoms with E-state index in [0.29, 0.717) is 11.4 Å². The van der Waals surface area contributed by atoms with Gasteiger partial charge in [0.2, 0.25) is 0 Å². The molecule has 6 heteroatoms. The summed E-state index contributed by atoms with van der Waals surface area (Å²) in [7, 11) is 0. The molecule has 0 aliphatic heterocycles. The van der Waals surface area contributed by atoms with Crippen LogP contribution in [0.15, 0.2) is 30.5 Å². The van der Waals surface area contributed by atoms with E-state index in [1.165, 1.54) is 12.1 Å². The van der Waals surface area contributed by atoms with Crippen LogP contribution < -0.4 is 11.3 Å². The highest BCUT2D eigenvalue weighted by Crippen LogP contribution is 2.27. The molecule has 20 heavy (non-hydrogen) atoms. The minimum atomic E-state index is -0.253. The quantitative estimate of drug-likeness (QED) is 0.659. The summed E-state index contributed by atoms with van der Waals surface area (Å²) < 4.78 is 14.8. The number of hydrazine groups is 1. The van der Waals surface area contributed by atoms with Gasteiger partial charge in [0.05, 0.1) is 23.0 Å². The average molecular weight is 297 g/mol. The Hall–Kier alpha value is -1.43. The van der Waals surface area contributed by atoms with E-state index in [1.54, 1.807) is 18.3 Å². The van der Waals surface area contributed by atoms with Crippen LogP contribution in [0, 0.1) is 5.82 Å². The largest absolute Gasteiger partial charge is 0.271 e. The van der Waals surface area contributed by atoms with Crippen molar-refractivity contribution in [2.45, 2.75) is 32.4 Å². The number of nitrogens with one attached hydrogen (secondary N) is 1. The molecule has 1 aromatic heterocycles. The minimum Gasteiger partial charge on any atom is -0.271 e. The standard InChI is InChI=1S/C14H18ClFN4/c1-9(2)20-14(12(15)8-18-20)13(19-17)7-10-3-5-11(16)6-4-10/h3-6,8-9,13,19H,7,17H2,1-2H3. The van der Waals surface area contributed by atoms with Crippen LogP contribution in [0.1, 0.15) is 37.2 Å². The molecule has 0 aliphatic rings. The second-order valence-corrected chi connectivity index (χ2v) is 5.37. The fourth-order valence-electron chi connectivity index (χ4n) is 2.18. The topological polar surface area (TPSA) is 55.9 Å². The average Bonchev–Trinajstić information content (AvgIpc) is 2.80. The first-order valence-electron chi connectivity index (χ1n) is 6.46. The van der Waals surface area contributed by atoms with Crippen molar-refractivity contribution in [1.29, 1.82) is 0 Å². The van der Waals surface area contributed by atoms with Crippen molar-refractivity contribution in [2.24, 2.45) is 5.84 Å². The zero-order valence-corrected chi connectivity index (χ0v) is 12.2. The molecule has 0 radical (unpaired) electrons. The van der Waals surface area contributed by atoms with Crippen molar-refractivity contribution >= 4 is 11.6 Å². The molecule has 0 amide bonds. The summed E-state index contributed by atoms with van der Waals surface area (Å²) in [5, 5.41) is 4.84. The van der Waals surface area contributed by atoms with E-state index < -0.39 is 0 Å². The van der Waals surface area contributed by atoms with Gasteiger partial charge >= 0.3 is 0 Å². The lowest BCUT2D eigenvalue weighted by Crippen LogP contribution is -2.32. The van der Waals surface area contributed by atoms with Crippen LogP contribution in [-0.2, 0) is 6.42 Å². The highest BCUT2D eigenvalue weighted by atomic mass is 35.5. The molecule has 0 bridgehead atoms. The lowest BCUT2D eigenvalue weighted by atomic mass is 10.0. The molecule has 3 N–H and O–H groups in total. The van der Waals surface area contributed by atoms with Crippen LogP contribution >= 0.6 is 11.6 Å². The number of rotatable bonds is 5.